The molecule has 0 spiro atoms. The number of anilines is 1. The van der Waals surface area contributed by atoms with Crippen LogP contribution in [0.1, 0.15) is 23.2 Å². The summed E-state index contributed by atoms with van der Waals surface area (Å²) in [5, 5.41) is 14.2. The Balaban J connectivity index is 2.65. The third-order valence-corrected chi connectivity index (χ3v) is 3.95. The Morgan fingerprint density at radius 1 is 1.28 bits per heavy atom. The minimum atomic E-state index is -4.07. The molecular weight excluding hydrogens is 256 g/mol. The molecule has 1 aromatic rings. The van der Waals surface area contributed by atoms with Crippen LogP contribution in [0, 0.1) is 0 Å². The van der Waals surface area contributed by atoms with Crippen molar-refractivity contribution >= 4 is 21.7 Å². The number of carboxylic acid groups (broad SMARTS) is 1. The topological polar surface area (TPSA) is 101 Å². The molecule has 2 rings (SSSR count). The molecule has 1 aliphatic heterocycles. The lowest BCUT2D eigenvalue weighted by Gasteiger charge is -2.21. The van der Waals surface area contributed by atoms with E-state index >= 15 is 0 Å². The number of carboxylic acids is 1. The Labute approximate surface area is 105 Å². The van der Waals surface area contributed by atoms with E-state index in [1.54, 1.807) is 6.07 Å². The van der Waals surface area contributed by atoms with Gasteiger partial charge in [-0.2, -0.15) is 0 Å². The maximum atomic E-state index is 11.6. The molecular formula is C11H14N2O4S. The van der Waals surface area contributed by atoms with Gasteiger partial charge in [0.15, 0.2) is 0 Å². The van der Waals surface area contributed by atoms with Gasteiger partial charge in [-0.3, -0.25) is 0 Å². The first kappa shape index (κ1) is 12.8. The summed E-state index contributed by atoms with van der Waals surface area (Å²) in [6.07, 6.45) is 1.92. The van der Waals surface area contributed by atoms with Gasteiger partial charge >= 0.3 is 5.97 Å². The third-order valence-electron chi connectivity index (χ3n) is 2.96. The van der Waals surface area contributed by atoms with E-state index in [1.807, 2.05) is 4.90 Å². The molecule has 0 radical (unpaired) electrons. The molecule has 0 bridgehead atoms. The number of benzene rings is 1. The Hall–Kier alpha value is -1.60. The largest absolute Gasteiger partial charge is 0.478 e. The summed E-state index contributed by atoms with van der Waals surface area (Å²) < 4.78 is 23.2. The second-order valence-electron chi connectivity index (χ2n) is 4.20. The molecule has 1 heterocycles. The van der Waals surface area contributed by atoms with Crippen molar-refractivity contribution in [2.45, 2.75) is 17.7 Å². The van der Waals surface area contributed by atoms with Crippen molar-refractivity contribution in [3.05, 3.63) is 23.8 Å². The van der Waals surface area contributed by atoms with Crippen molar-refractivity contribution in [2.75, 3.05) is 18.0 Å². The molecule has 1 saturated heterocycles. The van der Waals surface area contributed by atoms with Gasteiger partial charge in [-0.05, 0) is 25.0 Å². The van der Waals surface area contributed by atoms with E-state index in [0.29, 0.717) is 18.8 Å². The van der Waals surface area contributed by atoms with Crippen molar-refractivity contribution in [2.24, 2.45) is 5.14 Å². The average Bonchev–Trinajstić information content (AvgIpc) is 2.80. The number of hydrogen-bond donors (Lipinski definition) is 2. The number of rotatable bonds is 3. The standard InChI is InChI=1S/C11H14N2O4S/c12-18(16,17)10-8(11(14)15)4-3-5-9(10)13-6-1-2-7-13/h3-5H,1-2,6-7H2,(H,14,15)(H2,12,16,17). The summed E-state index contributed by atoms with van der Waals surface area (Å²) >= 11 is 0. The highest BCUT2D eigenvalue weighted by Gasteiger charge is 2.26. The smallest absolute Gasteiger partial charge is 0.337 e. The lowest BCUT2D eigenvalue weighted by molar-refractivity contribution is 0.0692. The van der Waals surface area contributed by atoms with Crippen molar-refractivity contribution in [3.63, 3.8) is 0 Å². The first-order valence-corrected chi connectivity index (χ1v) is 7.10. The Morgan fingerprint density at radius 2 is 1.89 bits per heavy atom. The second kappa shape index (κ2) is 4.58. The van der Waals surface area contributed by atoms with Crippen molar-refractivity contribution in [1.82, 2.24) is 0 Å². The number of sulfonamides is 1. The highest BCUT2D eigenvalue weighted by atomic mass is 32.2. The summed E-state index contributed by atoms with van der Waals surface area (Å²) in [6, 6.07) is 4.38. The summed E-state index contributed by atoms with van der Waals surface area (Å²) in [5.41, 5.74) is 0.108. The van der Waals surface area contributed by atoms with Gasteiger partial charge in [-0.1, -0.05) is 6.07 Å². The molecule has 0 unspecified atom stereocenters. The molecule has 98 valence electrons. The molecule has 0 aromatic heterocycles. The molecule has 0 amide bonds. The maximum Gasteiger partial charge on any atom is 0.337 e. The van der Waals surface area contributed by atoms with Crippen LogP contribution in [0.25, 0.3) is 0 Å². The maximum absolute atomic E-state index is 11.6. The molecule has 0 saturated carbocycles. The van der Waals surface area contributed by atoms with Crippen LogP contribution in [-0.2, 0) is 10.0 Å². The van der Waals surface area contributed by atoms with Crippen LogP contribution < -0.4 is 10.0 Å². The minimum absolute atomic E-state index is 0.276. The van der Waals surface area contributed by atoms with E-state index in [0.717, 1.165) is 12.8 Å². The number of carbonyl (C=O) groups is 1. The van der Waals surface area contributed by atoms with E-state index in [9.17, 15) is 13.2 Å². The van der Waals surface area contributed by atoms with Crippen LogP contribution in [0.2, 0.25) is 0 Å². The monoisotopic (exact) mass is 270 g/mol. The van der Waals surface area contributed by atoms with Crippen molar-refractivity contribution in [1.29, 1.82) is 0 Å². The van der Waals surface area contributed by atoms with Gasteiger partial charge < -0.3 is 10.0 Å². The van der Waals surface area contributed by atoms with Crippen LogP contribution in [0.4, 0.5) is 5.69 Å². The molecule has 0 aliphatic carbocycles. The van der Waals surface area contributed by atoms with Gasteiger partial charge in [0.2, 0.25) is 10.0 Å². The molecule has 7 heteroatoms. The van der Waals surface area contributed by atoms with Crippen LogP contribution in [0.15, 0.2) is 23.1 Å². The molecule has 1 aromatic carbocycles. The summed E-state index contributed by atoms with van der Waals surface area (Å²) in [7, 11) is -4.07. The van der Waals surface area contributed by atoms with E-state index in [4.69, 9.17) is 10.2 Å². The number of hydrogen-bond acceptors (Lipinski definition) is 4. The van der Waals surface area contributed by atoms with Gasteiger partial charge in [-0.25, -0.2) is 18.4 Å². The third kappa shape index (κ3) is 2.32. The van der Waals surface area contributed by atoms with Gasteiger partial charge in [0, 0.05) is 13.1 Å². The van der Waals surface area contributed by atoms with E-state index in [-0.39, 0.29) is 10.5 Å². The second-order valence-corrected chi connectivity index (χ2v) is 5.70. The van der Waals surface area contributed by atoms with Gasteiger partial charge in [0.25, 0.3) is 0 Å². The van der Waals surface area contributed by atoms with Crippen molar-refractivity contribution in [3.8, 4) is 0 Å². The molecule has 0 atom stereocenters. The number of nitrogens with zero attached hydrogens (tertiary/aromatic N) is 1. The van der Waals surface area contributed by atoms with Gasteiger partial charge in [0.1, 0.15) is 4.90 Å². The SMILES string of the molecule is NS(=O)(=O)c1c(C(=O)O)cccc1N1CCCC1. The van der Waals surface area contributed by atoms with E-state index < -0.39 is 16.0 Å². The van der Waals surface area contributed by atoms with Crippen LogP contribution in [0.5, 0.6) is 0 Å². The molecule has 6 nitrogen and oxygen atoms in total. The number of primary sulfonamides is 1. The van der Waals surface area contributed by atoms with Gasteiger partial charge in [-0.15, -0.1) is 0 Å². The van der Waals surface area contributed by atoms with Crippen LogP contribution >= 0.6 is 0 Å². The zero-order chi connectivity index (χ0) is 13.3. The molecule has 1 aliphatic rings. The Morgan fingerprint density at radius 3 is 2.39 bits per heavy atom. The van der Waals surface area contributed by atoms with E-state index in [2.05, 4.69) is 0 Å². The fourth-order valence-electron chi connectivity index (χ4n) is 2.20. The fraction of sp³-hybridized carbons (Fsp3) is 0.364. The zero-order valence-corrected chi connectivity index (χ0v) is 10.5. The van der Waals surface area contributed by atoms with Crippen molar-refractivity contribution < 1.29 is 18.3 Å². The lowest BCUT2D eigenvalue weighted by atomic mass is 10.2. The first-order chi connectivity index (χ1) is 8.41. The average molecular weight is 270 g/mol. The van der Waals surface area contributed by atoms with Crippen LogP contribution in [-0.4, -0.2) is 32.6 Å². The normalized spacial score (nSPS) is 15.9. The van der Waals surface area contributed by atoms with Crippen LogP contribution in [0.3, 0.4) is 0 Å². The fourth-order valence-corrected chi connectivity index (χ4v) is 3.15. The summed E-state index contributed by atoms with van der Waals surface area (Å²) in [6.45, 7) is 1.43. The lowest BCUT2D eigenvalue weighted by Crippen LogP contribution is -2.25. The Kier molecular flexibility index (Phi) is 3.27. The molecule has 1 fully saturated rings. The Bertz CT molecular complexity index is 577. The molecule has 18 heavy (non-hydrogen) atoms. The number of aromatic carboxylic acids is 1. The molecule has 3 N–H and O–H groups in total. The van der Waals surface area contributed by atoms with E-state index in [1.165, 1.54) is 12.1 Å². The predicted molar refractivity (Wildman–Crippen MR) is 66.2 cm³/mol. The summed E-state index contributed by atoms with van der Waals surface area (Å²) in [4.78, 5) is 12.7. The first-order valence-electron chi connectivity index (χ1n) is 5.55. The predicted octanol–water partition coefficient (Wildman–Crippen LogP) is 0.632. The minimum Gasteiger partial charge on any atom is -0.478 e. The highest BCUT2D eigenvalue weighted by Crippen LogP contribution is 2.30. The zero-order valence-electron chi connectivity index (χ0n) is 9.67. The quantitative estimate of drug-likeness (QED) is 0.839. The number of nitrogens with two attached hydrogens (primary N) is 1. The van der Waals surface area contributed by atoms with Gasteiger partial charge in [0.05, 0.1) is 11.3 Å². The summed E-state index contributed by atoms with van der Waals surface area (Å²) in [5.74, 6) is -1.29. The highest BCUT2D eigenvalue weighted by molar-refractivity contribution is 7.89.